The number of hydrogen-bond acceptors (Lipinski definition) is 4. The Bertz CT molecular complexity index is 379. The van der Waals surface area contributed by atoms with Gasteiger partial charge in [-0.3, -0.25) is 0 Å². The molecule has 0 amide bonds. The van der Waals surface area contributed by atoms with Crippen LogP contribution in [-0.2, 0) is 13.8 Å². The lowest BCUT2D eigenvalue weighted by Crippen LogP contribution is -2.41. The van der Waals surface area contributed by atoms with E-state index in [2.05, 4.69) is 18.8 Å². The smallest absolute Gasteiger partial charge is 0.239 e. The molecule has 5 heteroatoms. The van der Waals surface area contributed by atoms with Gasteiger partial charge in [0.2, 0.25) is 7.94 Å². The maximum atomic E-state index is 12.6. The van der Waals surface area contributed by atoms with Crippen LogP contribution in [0.1, 0.15) is 66.7 Å². The Morgan fingerprint density at radius 1 is 1.00 bits per heavy atom. The number of unbranched alkanes of at least 4 members (excludes halogenated alkanes) is 3. The van der Waals surface area contributed by atoms with Crippen molar-refractivity contribution >= 4 is 7.94 Å². The maximum Gasteiger partial charge on any atom is 0.239 e. The standard InChI is InChI=1S/C17H31O4P/c1-6-7-8-10-13-19-14-11-9-12-15-22(18)20-16(2,3)17(4,5)21-22/h6-7,9,11-15H2,1-5H3. The molecule has 1 rings (SSSR count). The maximum absolute atomic E-state index is 12.6. The molecule has 1 aliphatic heterocycles. The normalized spacial score (nSPS) is 21.4. The first-order valence-electron chi connectivity index (χ1n) is 8.26. The molecule has 22 heavy (non-hydrogen) atoms. The fourth-order valence-corrected chi connectivity index (χ4v) is 4.76. The van der Waals surface area contributed by atoms with Crippen molar-refractivity contribution in [3.05, 3.63) is 0 Å². The average Bonchev–Trinajstić information content (AvgIpc) is 2.56. The molecular formula is C17H31O4P. The minimum Gasteiger partial charge on any atom is -0.631 e. The largest absolute Gasteiger partial charge is 0.631 e. The summed E-state index contributed by atoms with van der Waals surface area (Å²) < 4.78 is 16.9. The second-order valence-corrected chi connectivity index (χ2v) is 8.79. The van der Waals surface area contributed by atoms with Crippen molar-refractivity contribution in [1.82, 2.24) is 0 Å². The summed E-state index contributed by atoms with van der Waals surface area (Å²) in [4.78, 5) is 12.6. The molecule has 0 unspecified atom stereocenters. The van der Waals surface area contributed by atoms with Gasteiger partial charge in [0.15, 0.2) is 0 Å². The highest BCUT2D eigenvalue weighted by atomic mass is 31.2. The highest BCUT2D eigenvalue weighted by Crippen LogP contribution is 2.67. The van der Waals surface area contributed by atoms with Gasteiger partial charge >= 0.3 is 0 Å². The van der Waals surface area contributed by atoms with E-state index in [-0.39, 0.29) is 0 Å². The Labute approximate surface area is 136 Å². The van der Waals surface area contributed by atoms with Crippen LogP contribution in [0.4, 0.5) is 0 Å². The van der Waals surface area contributed by atoms with Crippen LogP contribution in [0.2, 0.25) is 0 Å². The summed E-state index contributed by atoms with van der Waals surface area (Å²) in [6.45, 7) is 11.0. The first-order valence-corrected chi connectivity index (χ1v) is 9.99. The molecule has 1 saturated heterocycles. The summed E-state index contributed by atoms with van der Waals surface area (Å²) in [5, 5.41) is 0. The predicted molar refractivity (Wildman–Crippen MR) is 89.5 cm³/mol. The van der Waals surface area contributed by atoms with E-state index in [1.807, 2.05) is 27.7 Å². The van der Waals surface area contributed by atoms with Crippen molar-refractivity contribution < 1.29 is 18.7 Å². The van der Waals surface area contributed by atoms with Crippen LogP contribution in [-0.4, -0.2) is 30.6 Å². The van der Waals surface area contributed by atoms with Gasteiger partial charge in [0.05, 0.1) is 0 Å². The van der Waals surface area contributed by atoms with Crippen molar-refractivity contribution in [2.75, 3.05) is 19.4 Å². The van der Waals surface area contributed by atoms with E-state index in [1.165, 1.54) is 0 Å². The molecule has 128 valence electrons. The van der Waals surface area contributed by atoms with Crippen LogP contribution in [0.15, 0.2) is 0 Å². The summed E-state index contributed by atoms with van der Waals surface area (Å²) in [6, 6.07) is 0. The number of hydrogen-bond donors (Lipinski definition) is 0. The minimum atomic E-state index is -2.95. The summed E-state index contributed by atoms with van der Waals surface area (Å²) in [5.41, 5.74) is -1.02. The van der Waals surface area contributed by atoms with E-state index >= 15 is 0 Å². The molecule has 0 aromatic carbocycles. The Morgan fingerprint density at radius 3 is 2.23 bits per heavy atom. The molecule has 0 aromatic heterocycles. The summed E-state index contributed by atoms with van der Waals surface area (Å²) in [6.07, 6.45) is 5.24. The van der Waals surface area contributed by atoms with E-state index in [4.69, 9.17) is 13.8 Å². The van der Waals surface area contributed by atoms with Crippen molar-refractivity contribution in [2.45, 2.75) is 77.9 Å². The summed E-state index contributed by atoms with van der Waals surface area (Å²) >= 11 is 0. The Morgan fingerprint density at radius 2 is 1.64 bits per heavy atom. The fourth-order valence-electron chi connectivity index (χ4n) is 2.10. The zero-order valence-corrected chi connectivity index (χ0v) is 15.6. The fraction of sp³-hybridized carbons (Fsp3) is 0.882. The predicted octanol–water partition coefficient (Wildman–Crippen LogP) is 3.70. The van der Waals surface area contributed by atoms with E-state index < -0.39 is 19.1 Å². The highest BCUT2D eigenvalue weighted by Gasteiger charge is 2.59. The molecule has 0 bridgehead atoms. The lowest BCUT2D eigenvalue weighted by atomic mass is 9.90. The molecule has 0 spiro atoms. The van der Waals surface area contributed by atoms with Gasteiger partial charge in [0.25, 0.3) is 0 Å². The molecule has 1 heterocycles. The lowest BCUT2D eigenvalue weighted by molar-refractivity contribution is -0.212. The quantitative estimate of drug-likeness (QED) is 0.387. The summed E-state index contributed by atoms with van der Waals surface area (Å²) in [5.74, 6) is 6.04. The number of rotatable bonds is 8. The molecule has 1 aliphatic rings. The Balaban J connectivity index is 2.12. The van der Waals surface area contributed by atoms with Gasteiger partial charge in [-0.15, -0.1) is 5.92 Å². The van der Waals surface area contributed by atoms with Crippen molar-refractivity contribution in [3.8, 4) is 11.8 Å². The average molecular weight is 330 g/mol. The number of ether oxygens (including phenoxy) is 1. The van der Waals surface area contributed by atoms with Gasteiger partial charge in [0.1, 0.15) is 24.0 Å². The second-order valence-electron chi connectivity index (χ2n) is 6.75. The second kappa shape index (κ2) is 8.62. The van der Waals surface area contributed by atoms with Gasteiger partial charge in [-0.2, -0.15) is 0 Å². The Hall–Kier alpha value is -0.170. The zero-order chi connectivity index (χ0) is 16.7. The molecule has 0 saturated carbocycles. The first kappa shape index (κ1) is 19.9. The van der Waals surface area contributed by atoms with Crippen LogP contribution in [0.3, 0.4) is 0 Å². The van der Waals surface area contributed by atoms with E-state index in [0.717, 1.165) is 32.1 Å². The molecule has 1 fully saturated rings. The van der Waals surface area contributed by atoms with Gasteiger partial charge in [-0.1, -0.05) is 12.8 Å². The molecule has 0 N–H and O–H groups in total. The highest BCUT2D eigenvalue weighted by molar-refractivity contribution is 7.59. The van der Waals surface area contributed by atoms with Gasteiger partial charge in [0, 0.05) is 13.0 Å². The van der Waals surface area contributed by atoms with Crippen LogP contribution in [0.5, 0.6) is 0 Å². The van der Waals surface area contributed by atoms with Crippen LogP contribution >= 0.6 is 7.94 Å². The molecule has 0 aromatic rings. The van der Waals surface area contributed by atoms with E-state index in [0.29, 0.717) is 19.4 Å². The van der Waals surface area contributed by atoms with Crippen LogP contribution in [0, 0.1) is 11.8 Å². The topological polar surface area (TPSA) is 50.8 Å². The molecule has 4 nitrogen and oxygen atoms in total. The lowest BCUT2D eigenvalue weighted by Gasteiger charge is -2.25. The third kappa shape index (κ3) is 6.14. The summed E-state index contributed by atoms with van der Waals surface area (Å²) in [7, 11) is -2.95. The molecular weight excluding hydrogens is 299 g/mol. The third-order valence-electron chi connectivity index (χ3n) is 4.08. The minimum absolute atomic E-state index is 0.482. The van der Waals surface area contributed by atoms with Crippen molar-refractivity contribution in [3.63, 3.8) is 0 Å². The van der Waals surface area contributed by atoms with Crippen molar-refractivity contribution in [1.29, 1.82) is 0 Å². The molecule has 0 atom stereocenters. The van der Waals surface area contributed by atoms with Crippen LogP contribution in [0.25, 0.3) is 0 Å². The monoisotopic (exact) mass is 330 g/mol. The molecule has 0 radical (unpaired) electrons. The van der Waals surface area contributed by atoms with Crippen molar-refractivity contribution in [2.24, 2.45) is 0 Å². The Kier molecular flexibility index (Phi) is 7.79. The molecule has 0 aliphatic carbocycles. The first-order chi connectivity index (χ1) is 10.2. The van der Waals surface area contributed by atoms with Gasteiger partial charge in [-0.25, -0.2) is 9.05 Å². The van der Waals surface area contributed by atoms with E-state index in [9.17, 15) is 4.89 Å². The van der Waals surface area contributed by atoms with Crippen LogP contribution < -0.4 is 4.89 Å². The zero-order valence-electron chi connectivity index (χ0n) is 14.7. The SMILES string of the molecule is CCCC#CCOCCCCC[P+]1([O-])OC(C)(C)C(C)(C)O1. The van der Waals surface area contributed by atoms with E-state index in [1.54, 1.807) is 0 Å². The van der Waals surface area contributed by atoms with Gasteiger partial charge in [-0.05, 0) is 53.4 Å². The third-order valence-corrected chi connectivity index (χ3v) is 6.41. The van der Waals surface area contributed by atoms with Gasteiger partial charge < -0.3 is 9.63 Å².